The molecule has 1 heterocycles. The number of nitrogens with one attached hydrogen (secondary N) is 2. The van der Waals surface area contributed by atoms with E-state index in [0.717, 1.165) is 37.3 Å². The molecular formula is C20H22N4O3S. The van der Waals surface area contributed by atoms with Gasteiger partial charge in [-0.05, 0) is 56.6 Å². The predicted molar refractivity (Wildman–Crippen MR) is 114 cm³/mol. The molecule has 1 amide bonds. The third-order valence-corrected chi connectivity index (χ3v) is 4.95. The molecule has 0 atom stereocenters. The van der Waals surface area contributed by atoms with Crippen molar-refractivity contribution in [2.45, 2.75) is 26.2 Å². The van der Waals surface area contributed by atoms with Crippen LogP contribution in [0.2, 0.25) is 0 Å². The highest BCUT2D eigenvalue weighted by Crippen LogP contribution is 2.28. The standard InChI is InChI=1S/C20H22N4O3S/c1-14-9-10-15(13-18(14)24(26)27)19(25)22-20(28)21-16-7-3-4-8-17(16)23-11-5-2-6-12-23/h3-4,7-10,13H,2,5-6,11-12H2,1H3,(H2,21,22,25,28). The van der Waals surface area contributed by atoms with Crippen LogP contribution < -0.4 is 15.5 Å². The van der Waals surface area contributed by atoms with Gasteiger partial charge in [-0.1, -0.05) is 18.2 Å². The molecule has 0 radical (unpaired) electrons. The number of hydrogen-bond acceptors (Lipinski definition) is 5. The number of nitro groups is 1. The summed E-state index contributed by atoms with van der Waals surface area (Å²) in [6.45, 7) is 3.61. The maximum Gasteiger partial charge on any atom is 0.273 e. The molecule has 0 aromatic heterocycles. The zero-order valence-corrected chi connectivity index (χ0v) is 16.4. The van der Waals surface area contributed by atoms with Gasteiger partial charge in [-0.25, -0.2) is 0 Å². The Morgan fingerprint density at radius 1 is 1.14 bits per heavy atom. The van der Waals surface area contributed by atoms with E-state index in [1.54, 1.807) is 19.1 Å². The van der Waals surface area contributed by atoms with Crippen molar-refractivity contribution in [3.05, 3.63) is 63.7 Å². The molecule has 2 N–H and O–H groups in total. The second-order valence-corrected chi connectivity index (χ2v) is 7.14. The quantitative estimate of drug-likeness (QED) is 0.459. The molecule has 1 aliphatic heterocycles. The molecule has 2 aromatic carbocycles. The summed E-state index contributed by atoms with van der Waals surface area (Å²) >= 11 is 5.29. The largest absolute Gasteiger partial charge is 0.370 e. The highest BCUT2D eigenvalue weighted by Gasteiger charge is 2.17. The summed E-state index contributed by atoms with van der Waals surface area (Å²) in [6, 6.07) is 12.2. The molecule has 7 nitrogen and oxygen atoms in total. The van der Waals surface area contributed by atoms with Crippen molar-refractivity contribution >= 4 is 40.3 Å². The van der Waals surface area contributed by atoms with Crippen LogP contribution in [0.5, 0.6) is 0 Å². The maximum absolute atomic E-state index is 12.4. The second-order valence-electron chi connectivity index (χ2n) is 6.73. The number of hydrogen-bond donors (Lipinski definition) is 2. The molecule has 3 rings (SSSR count). The number of rotatable bonds is 4. The number of carbonyl (C=O) groups excluding carboxylic acids is 1. The first-order chi connectivity index (χ1) is 13.5. The Balaban J connectivity index is 1.70. The first kappa shape index (κ1) is 19.8. The summed E-state index contributed by atoms with van der Waals surface area (Å²) in [4.78, 5) is 25.3. The minimum absolute atomic E-state index is 0.0954. The molecular weight excluding hydrogens is 376 g/mol. The number of piperidine rings is 1. The average Bonchev–Trinajstić information content (AvgIpc) is 2.69. The van der Waals surface area contributed by atoms with Gasteiger partial charge in [0.25, 0.3) is 11.6 Å². The molecule has 0 aliphatic carbocycles. The zero-order valence-electron chi connectivity index (χ0n) is 15.6. The van der Waals surface area contributed by atoms with Crippen LogP contribution in [0.3, 0.4) is 0 Å². The summed E-state index contributed by atoms with van der Waals surface area (Å²) in [5, 5.41) is 16.9. The van der Waals surface area contributed by atoms with Crippen LogP contribution >= 0.6 is 12.2 Å². The topological polar surface area (TPSA) is 87.5 Å². The summed E-state index contributed by atoms with van der Waals surface area (Å²) in [6.07, 6.45) is 3.55. The maximum atomic E-state index is 12.4. The summed E-state index contributed by atoms with van der Waals surface area (Å²) in [5.74, 6) is -0.490. The van der Waals surface area contributed by atoms with Gasteiger partial charge >= 0.3 is 0 Å². The molecule has 2 aromatic rings. The molecule has 0 spiro atoms. The summed E-state index contributed by atoms with van der Waals surface area (Å²) < 4.78 is 0. The molecule has 146 valence electrons. The third-order valence-electron chi connectivity index (χ3n) is 4.74. The van der Waals surface area contributed by atoms with E-state index >= 15 is 0 Å². The number of benzene rings is 2. The van der Waals surface area contributed by atoms with E-state index < -0.39 is 10.8 Å². The molecule has 28 heavy (non-hydrogen) atoms. The van der Waals surface area contributed by atoms with Crippen molar-refractivity contribution in [1.29, 1.82) is 0 Å². The van der Waals surface area contributed by atoms with E-state index in [1.807, 2.05) is 24.3 Å². The smallest absolute Gasteiger partial charge is 0.273 e. The fraction of sp³-hybridized carbons (Fsp3) is 0.300. The van der Waals surface area contributed by atoms with Crippen LogP contribution in [-0.4, -0.2) is 29.0 Å². The Bertz CT molecular complexity index is 910. The van der Waals surface area contributed by atoms with Crippen LogP contribution in [0.25, 0.3) is 0 Å². The van der Waals surface area contributed by atoms with Gasteiger partial charge in [-0.15, -0.1) is 0 Å². The number of aryl methyl sites for hydroxylation is 1. The SMILES string of the molecule is Cc1ccc(C(=O)NC(=S)Nc2ccccc2N2CCCCC2)cc1[N+](=O)[O-]. The zero-order chi connectivity index (χ0) is 20.1. The number of nitrogens with zero attached hydrogens (tertiary/aromatic N) is 2. The number of anilines is 2. The monoisotopic (exact) mass is 398 g/mol. The minimum atomic E-state index is -0.502. The van der Waals surface area contributed by atoms with E-state index in [2.05, 4.69) is 15.5 Å². The Morgan fingerprint density at radius 2 is 1.86 bits per heavy atom. The molecule has 1 aliphatic rings. The average molecular weight is 398 g/mol. The van der Waals surface area contributed by atoms with E-state index in [-0.39, 0.29) is 16.4 Å². The van der Waals surface area contributed by atoms with Crippen molar-refractivity contribution in [3.63, 3.8) is 0 Å². The third kappa shape index (κ3) is 4.64. The van der Waals surface area contributed by atoms with Gasteiger partial charge in [-0.2, -0.15) is 0 Å². The van der Waals surface area contributed by atoms with Crippen LogP contribution in [0.1, 0.15) is 35.2 Å². The van der Waals surface area contributed by atoms with E-state index in [4.69, 9.17) is 12.2 Å². The van der Waals surface area contributed by atoms with Crippen molar-refractivity contribution in [1.82, 2.24) is 5.32 Å². The molecule has 1 saturated heterocycles. The number of nitro benzene ring substituents is 1. The van der Waals surface area contributed by atoms with Crippen molar-refractivity contribution in [2.24, 2.45) is 0 Å². The van der Waals surface area contributed by atoms with Crippen LogP contribution in [0.15, 0.2) is 42.5 Å². The van der Waals surface area contributed by atoms with Gasteiger partial charge in [-0.3, -0.25) is 20.2 Å². The lowest BCUT2D eigenvalue weighted by molar-refractivity contribution is -0.385. The predicted octanol–water partition coefficient (Wildman–Crippen LogP) is 4.02. The first-order valence-corrected chi connectivity index (χ1v) is 9.58. The molecule has 0 unspecified atom stereocenters. The fourth-order valence-corrected chi connectivity index (χ4v) is 3.47. The molecule has 0 saturated carbocycles. The van der Waals surface area contributed by atoms with Crippen LogP contribution in [-0.2, 0) is 0 Å². The van der Waals surface area contributed by atoms with Crippen molar-refractivity contribution in [2.75, 3.05) is 23.3 Å². The summed E-state index contributed by atoms with van der Waals surface area (Å²) in [5.41, 5.74) is 2.46. The molecule has 1 fully saturated rings. The van der Waals surface area contributed by atoms with Gasteiger partial charge in [0.1, 0.15) is 0 Å². The normalized spacial score (nSPS) is 13.7. The number of carbonyl (C=O) groups is 1. The number of amides is 1. The molecule has 8 heteroatoms. The highest BCUT2D eigenvalue weighted by atomic mass is 32.1. The van der Waals surface area contributed by atoms with E-state index in [1.165, 1.54) is 12.5 Å². The van der Waals surface area contributed by atoms with Gasteiger partial charge < -0.3 is 10.2 Å². The van der Waals surface area contributed by atoms with Crippen LogP contribution in [0.4, 0.5) is 17.1 Å². The Kier molecular flexibility index (Phi) is 6.20. The minimum Gasteiger partial charge on any atom is -0.370 e. The van der Waals surface area contributed by atoms with Gasteiger partial charge in [0.15, 0.2) is 5.11 Å². The lowest BCUT2D eigenvalue weighted by Crippen LogP contribution is -2.35. The number of thiocarbonyl (C=S) groups is 1. The van der Waals surface area contributed by atoms with Gasteiger partial charge in [0.05, 0.1) is 16.3 Å². The summed E-state index contributed by atoms with van der Waals surface area (Å²) in [7, 11) is 0. The Morgan fingerprint density at radius 3 is 2.57 bits per heavy atom. The van der Waals surface area contributed by atoms with Gasteiger partial charge in [0, 0.05) is 30.3 Å². The Labute approximate surface area is 168 Å². The highest BCUT2D eigenvalue weighted by molar-refractivity contribution is 7.80. The van der Waals surface area contributed by atoms with Crippen molar-refractivity contribution < 1.29 is 9.72 Å². The second kappa shape index (κ2) is 8.79. The molecule has 0 bridgehead atoms. The number of para-hydroxylation sites is 2. The Hall–Kier alpha value is -3.00. The lowest BCUT2D eigenvalue weighted by Gasteiger charge is -2.30. The van der Waals surface area contributed by atoms with E-state index in [0.29, 0.717) is 5.56 Å². The fourth-order valence-electron chi connectivity index (χ4n) is 3.27. The van der Waals surface area contributed by atoms with Crippen LogP contribution in [0, 0.1) is 17.0 Å². The van der Waals surface area contributed by atoms with E-state index in [9.17, 15) is 14.9 Å². The van der Waals surface area contributed by atoms with Crippen molar-refractivity contribution in [3.8, 4) is 0 Å². The first-order valence-electron chi connectivity index (χ1n) is 9.17. The lowest BCUT2D eigenvalue weighted by atomic mass is 10.1. The van der Waals surface area contributed by atoms with Gasteiger partial charge in [0.2, 0.25) is 0 Å².